The lowest BCUT2D eigenvalue weighted by molar-refractivity contribution is 0.0465. The van der Waals surface area contributed by atoms with Crippen LogP contribution >= 0.6 is 0 Å². The third-order valence-corrected chi connectivity index (χ3v) is 5.81. The van der Waals surface area contributed by atoms with E-state index in [1.54, 1.807) is 58.9 Å². The summed E-state index contributed by atoms with van der Waals surface area (Å²) in [5, 5.41) is 6.76. The lowest BCUT2D eigenvalue weighted by Crippen LogP contribution is -2.44. The predicted octanol–water partition coefficient (Wildman–Crippen LogP) is 3.43. The molecule has 2 rings (SSSR count). The molecule has 0 aliphatic rings. The van der Waals surface area contributed by atoms with E-state index in [1.165, 1.54) is 6.26 Å². The van der Waals surface area contributed by atoms with Crippen LogP contribution in [-0.2, 0) is 26.7 Å². The zero-order valence-electron chi connectivity index (χ0n) is 19.4. The van der Waals surface area contributed by atoms with E-state index in [0.29, 0.717) is 18.3 Å². The van der Waals surface area contributed by atoms with Crippen LogP contribution in [0.1, 0.15) is 64.9 Å². The summed E-state index contributed by atoms with van der Waals surface area (Å²) in [5.41, 5.74) is -0.530. The summed E-state index contributed by atoms with van der Waals surface area (Å²) in [7, 11) is -1.32. The highest BCUT2D eigenvalue weighted by atomic mass is 32.2. The fraction of sp³-hybridized carbons (Fsp3) is 0.571. The van der Waals surface area contributed by atoms with E-state index < -0.39 is 27.1 Å². The van der Waals surface area contributed by atoms with Gasteiger partial charge in [-0.2, -0.15) is 4.98 Å². The highest BCUT2D eigenvalue weighted by Crippen LogP contribution is 2.23. The molecule has 0 spiro atoms. The molecule has 1 aromatic heterocycles. The second-order valence-corrected chi connectivity index (χ2v) is 11.2. The van der Waals surface area contributed by atoms with Gasteiger partial charge in [0.2, 0.25) is 5.89 Å². The number of amides is 1. The second-order valence-electron chi connectivity index (χ2n) is 9.20. The van der Waals surface area contributed by atoms with Crippen molar-refractivity contribution in [3.63, 3.8) is 0 Å². The van der Waals surface area contributed by atoms with Crippen LogP contribution in [0.3, 0.4) is 0 Å². The van der Waals surface area contributed by atoms with Gasteiger partial charge < -0.3 is 14.6 Å². The molecule has 1 atom stereocenters. The number of alkyl carbamates (subject to hydrolysis) is 1. The first-order valence-electron chi connectivity index (χ1n) is 9.93. The molecular formula is C21H32N4O5S. The van der Waals surface area contributed by atoms with Gasteiger partial charge in [0.1, 0.15) is 11.1 Å². The Kier molecular flexibility index (Phi) is 7.17. The summed E-state index contributed by atoms with van der Waals surface area (Å²) in [5.74, 6) is 0.739. The number of sulfone groups is 1. The molecule has 31 heavy (non-hydrogen) atoms. The Balaban J connectivity index is 2.05. The summed E-state index contributed by atoms with van der Waals surface area (Å²) in [6.07, 6.45) is 0.622. The van der Waals surface area contributed by atoms with E-state index in [9.17, 15) is 13.2 Å². The average molecular weight is 453 g/mol. The molecule has 1 unspecified atom stereocenters. The van der Waals surface area contributed by atoms with Gasteiger partial charge in [-0.25, -0.2) is 13.2 Å². The summed E-state index contributed by atoms with van der Waals surface area (Å²) < 4.78 is 33.9. The second kappa shape index (κ2) is 8.96. The number of hydrogen-bond acceptors (Lipinski definition) is 8. The van der Waals surface area contributed by atoms with Crippen molar-refractivity contribution in [2.45, 2.75) is 70.2 Å². The Hall–Kier alpha value is -2.46. The average Bonchev–Trinajstić information content (AvgIpc) is 3.07. The Bertz CT molecular complexity index is 1010. The van der Waals surface area contributed by atoms with Crippen molar-refractivity contribution in [3.05, 3.63) is 41.5 Å². The molecule has 172 valence electrons. The van der Waals surface area contributed by atoms with Crippen molar-refractivity contribution >= 4 is 15.9 Å². The monoisotopic (exact) mass is 452 g/mol. The molecule has 1 amide bonds. The third-order valence-electron chi connectivity index (χ3n) is 4.68. The van der Waals surface area contributed by atoms with Crippen LogP contribution in [0.2, 0.25) is 0 Å². The van der Waals surface area contributed by atoms with Gasteiger partial charge >= 0.3 is 6.09 Å². The number of hydrogen-bond donors (Lipinski definition) is 1. The van der Waals surface area contributed by atoms with Gasteiger partial charge in [-0.3, -0.25) is 4.90 Å². The first-order valence-corrected chi connectivity index (χ1v) is 11.8. The number of carbonyl (C=O) groups excluding carboxylic acids is 1. The van der Waals surface area contributed by atoms with Crippen LogP contribution in [0.15, 0.2) is 33.7 Å². The Labute approximate surface area is 184 Å². The molecular weight excluding hydrogens is 420 g/mol. The van der Waals surface area contributed by atoms with E-state index in [-0.39, 0.29) is 10.9 Å². The van der Waals surface area contributed by atoms with E-state index in [2.05, 4.69) is 15.5 Å². The molecule has 10 heteroatoms. The fourth-order valence-electron chi connectivity index (χ4n) is 2.79. The standard InChI is InChI=1S/C21H32N4O5S/c1-14(15-9-11-16(12-10-15)31(8,27)28)25(7)13-17-22-18(24-30-17)21(5,6)23-19(26)29-20(2,3)4/h9-12,14H,13H2,1-8H3,(H,23,26). The van der Waals surface area contributed by atoms with Crippen molar-refractivity contribution in [3.8, 4) is 0 Å². The summed E-state index contributed by atoms with van der Waals surface area (Å²) >= 11 is 0. The van der Waals surface area contributed by atoms with Gasteiger partial charge in [-0.1, -0.05) is 17.3 Å². The number of benzene rings is 1. The summed E-state index contributed by atoms with van der Waals surface area (Å²) in [6, 6.07) is 6.78. The van der Waals surface area contributed by atoms with Crippen LogP contribution in [-0.4, -0.2) is 48.5 Å². The maximum atomic E-state index is 12.1. The quantitative estimate of drug-likeness (QED) is 0.679. The highest BCUT2D eigenvalue weighted by Gasteiger charge is 2.31. The van der Waals surface area contributed by atoms with Crippen LogP contribution < -0.4 is 5.32 Å². The molecule has 0 radical (unpaired) electrons. The molecule has 0 saturated heterocycles. The number of aromatic nitrogens is 2. The topological polar surface area (TPSA) is 115 Å². The molecule has 1 heterocycles. The van der Waals surface area contributed by atoms with Crippen molar-refractivity contribution in [2.75, 3.05) is 13.3 Å². The fourth-order valence-corrected chi connectivity index (χ4v) is 3.42. The largest absolute Gasteiger partial charge is 0.444 e. The zero-order chi connectivity index (χ0) is 23.6. The summed E-state index contributed by atoms with van der Waals surface area (Å²) in [6.45, 7) is 11.3. The number of nitrogens with one attached hydrogen (secondary N) is 1. The molecule has 0 bridgehead atoms. The highest BCUT2D eigenvalue weighted by molar-refractivity contribution is 7.90. The third kappa shape index (κ3) is 7.03. The van der Waals surface area contributed by atoms with E-state index in [4.69, 9.17) is 9.26 Å². The molecule has 0 fully saturated rings. The number of ether oxygens (including phenoxy) is 1. The summed E-state index contributed by atoms with van der Waals surface area (Å²) in [4.78, 5) is 18.8. The molecule has 0 aliphatic carbocycles. The SMILES string of the molecule is CC(c1ccc(S(C)(=O)=O)cc1)N(C)Cc1nc(C(C)(C)NC(=O)OC(C)(C)C)no1. The minimum atomic E-state index is -3.23. The Morgan fingerprint density at radius 1 is 1.19 bits per heavy atom. The van der Waals surface area contributed by atoms with Crippen molar-refractivity contribution in [1.82, 2.24) is 20.4 Å². The number of carbonyl (C=O) groups is 1. The van der Waals surface area contributed by atoms with Crippen molar-refractivity contribution < 1.29 is 22.5 Å². The molecule has 1 aromatic carbocycles. The van der Waals surface area contributed by atoms with Crippen LogP contribution in [0.5, 0.6) is 0 Å². The van der Waals surface area contributed by atoms with Crippen LogP contribution in [0.25, 0.3) is 0 Å². The zero-order valence-corrected chi connectivity index (χ0v) is 20.2. The van der Waals surface area contributed by atoms with Crippen LogP contribution in [0.4, 0.5) is 4.79 Å². The molecule has 0 saturated carbocycles. The lowest BCUT2D eigenvalue weighted by atomic mass is 10.1. The number of nitrogens with zero attached hydrogens (tertiary/aromatic N) is 3. The van der Waals surface area contributed by atoms with Gasteiger partial charge in [0.15, 0.2) is 15.7 Å². The molecule has 2 aromatic rings. The maximum absolute atomic E-state index is 12.1. The van der Waals surface area contributed by atoms with Gasteiger partial charge in [0.05, 0.1) is 11.4 Å². The van der Waals surface area contributed by atoms with Crippen molar-refractivity contribution in [1.29, 1.82) is 0 Å². The normalized spacial score (nSPS) is 13.8. The van der Waals surface area contributed by atoms with Gasteiger partial charge in [-0.15, -0.1) is 0 Å². The minimum absolute atomic E-state index is 0.0168. The Morgan fingerprint density at radius 3 is 2.29 bits per heavy atom. The Morgan fingerprint density at radius 2 is 1.77 bits per heavy atom. The minimum Gasteiger partial charge on any atom is -0.444 e. The first kappa shape index (κ1) is 24.8. The molecule has 0 aliphatic heterocycles. The smallest absolute Gasteiger partial charge is 0.408 e. The van der Waals surface area contributed by atoms with E-state index in [1.807, 2.05) is 18.9 Å². The van der Waals surface area contributed by atoms with Gasteiger partial charge in [-0.05, 0) is 66.3 Å². The van der Waals surface area contributed by atoms with Gasteiger partial charge in [0, 0.05) is 12.3 Å². The maximum Gasteiger partial charge on any atom is 0.408 e. The lowest BCUT2D eigenvalue weighted by Gasteiger charge is -2.26. The van der Waals surface area contributed by atoms with Crippen LogP contribution in [0, 0.1) is 0 Å². The van der Waals surface area contributed by atoms with Crippen molar-refractivity contribution in [2.24, 2.45) is 0 Å². The molecule has 9 nitrogen and oxygen atoms in total. The van der Waals surface area contributed by atoms with E-state index in [0.717, 1.165) is 5.56 Å². The van der Waals surface area contributed by atoms with Gasteiger partial charge in [0.25, 0.3) is 0 Å². The first-order chi connectivity index (χ1) is 14.1. The predicted molar refractivity (Wildman–Crippen MR) is 116 cm³/mol. The molecule has 1 N–H and O–H groups in total. The van der Waals surface area contributed by atoms with E-state index >= 15 is 0 Å². The number of rotatable bonds is 7.